The molecule has 2 heterocycles. The van der Waals surface area contributed by atoms with Crippen molar-refractivity contribution < 1.29 is 36.2 Å². The zero-order chi connectivity index (χ0) is 27.9. The number of hydrogen-bond donors (Lipinski definition) is 1. The zero-order valence-corrected chi connectivity index (χ0v) is 20.4. The number of alkyl halides is 3. The number of halogens is 5. The smallest absolute Gasteiger partial charge is 0.407 e. The number of nitrogens with zero attached hydrogens (tertiary/aromatic N) is 3. The fourth-order valence-corrected chi connectivity index (χ4v) is 4.91. The van der Waals surface area contributed by atoms with Crippen LogP contribution < -0.4 is 20.8 Å². The molecule has 3 aromatic rings. The molecule has 13 heteroatoms. The molecule has 1 unspecified atom stereocenters. The Kier molecular flexibility index (Phi) is 6.91. The SMILES string of the molecule is Nc1nc2c(c(=O)n1C(c1ccc(F)cc1)C1CCC1)CCN(C(=O)Oc1ccc(OC(F)(F)F)cc1F)C2. The first kappa shape index (κ1) is 26.4. The van der Waals surface area contributed by atoms with Crippen molar-refractivity contribution in [2.75, 3.05) is 12.3 Å². The Bertz CT molecular complexity index is 1450. The van der Waals surface area contributed by atoms with E-state index in [0.29, 0.717) is 11.6 Å². The summed E-state index contributed by atoms with van der Waals surface area (Å²) in [6, 6.07) is 7.61. The number of carbonyl (C=O) groups is 1. The number of nitrogen functional groups attached to an aromatic ring is 1. The lowest BCUT2D eigenvalue weighted by Crippen LogP contribution is -2.44. The third-order valence-electron chi connectivity index (χ3n) is 6.97. The third-order valence-corrected chi connectivity index (χ3v) is 6.97. The van der Waals surface area contributed by atoms with E-state index in [2.05, 4.69) is 9.72 Å². The molecule has 0 radical (unpaired) electrons. The minimum Gasteiger partial charge on any atom is -0.407 e. The molecule has 1 saturated carbocycles. The molecular formula is C26H23F5N4O4. The molecule has 1 aliphatic heterocycles. The Hall–Kier alpha value is -4.16. The number of carbonyl (C=O) groups excluding carboxylic acids is 1. The van der Waals surface area contributed by atoms with E-state index in [1.165, 1.54) is 21.6 Å². The van der Waals surface area contributed by atoms with Crippen LogP contribution in [0.25, 0.3) is 0 Å². The van der Waals surface area contributed by atoms with Gasteiger partial charge in [-0.25, -0.2) is 18.6 Å². The van der Waals surface area contributed by atoms with Crippen LogP contribution in [0.4, 0.5) is 32.7 Å². The second-order valence-corrected chi connectivity index (χ2v) is 9.44. The summed E-state index contributed by atoms with van der Waals surface area (Å²) in [5.74, 6) is -2.94. The molecule has 1 amide bonds. The van der Waals surface area contributed by atoms with Crippen molar-refractivity contribution in [3.8, 4) is 11.5 Å². The summed E-state index contributed by atoms with van der Waals surface area (Å²) in [7, 11) is 0. The monoisotopic (exact) mass is 550 g/mol. The molecule has 2 N–H and O–H groups in total. The predicted octanol–water partition coefficient (Wildman–Crippen LogP) is 4.95. The first-order valence-corrected chi connectivity index (χ1v) is 12.2. The van der Waals surface area contributed by atoms with Crippen molar-refractivity contribution in [2.24, 2.45) is 5.92 Å². The maximum atomic E-state index is 14.2. The molecule has 39 heavy (non-hydrogen) atoms. The summed E-state index contributed by atoms with van der Waals surface area (Å²) >= 11 is 0. The van der Waals surface area contributed by atoms with Crippen LogP contribution in [-0.4, -0.2) is 33.5 Å². The Morgan fingerprint density at radius 2 is 1.82 bits per heavy atom. The minimum atomic E-state index is -5.00. The number of amides is 1. The highest BCUT2D eigenvalue weighted by atomic mass is 19.4. The standard InChI is InChI=1S/C26H23F5N4O4/c27-16-6-4-15(5-7-16)22(14-2-1-3-14)35-23(36)18-10-11-34(13-20(18)33-24(35)32)25(37)38-21-9-8-17(12-19(21)28)39-26(29,30)31/h4-9,12,14,22H,1-3,10-11,13H2,(H2,32,33). The normalized spacial score (nSPS) is 16.3. The topological polar surface area (TPSA) is 99.7 Å². The fourth-order valence-electron chi connectivity index (χ4n) is 4.91. The van der Waals surface area contributed by atoms with Crippen LogP contribution >= 0.6 is 0 Å². The van der Waals surface area contributed by atoms with Gasteiger partial charge in [-0.05, 0) is 55.0 Å². The zero-order valence-electron chi connectivity index (χ0n) is 20.4. The van der Waals surface area contributed by atoms with Crippen LogP contribution in [0.1, 0.15) is 42.1 Å². The molecule has 206 valence electrons. The highest BCUT2D eigenvalue weighted by molar-refractivity contribution is 5.71. The van der Waals surface area contributed by atoms with Gasteiger partial charge in [0.2, 0.25) is 5.95 Å². The average Bonchev–Trinajstić information content (AvgIpc) is 2.83. The first-order valence-electron chi connectivity index (χ1n) is 12.2. The Labute approximate surface area is 218 Å². The van der Waals surface area contributed by atoms with Gasteiger partial charge in [0.05, 0.1) is 18.3 Å². The quantitative estimate of drug-likeness (QED) is 0.452. The minimum absolute atomic E-state index is 0.0498. The van der Waals surface area contributed by atoms with Crippen LogP contribution in [-0.2, 0) is 13.0 Å². The first-order chi connectivity index (χ1) is 18.5. The van der Waals surface area contributed by atoms with E-state index in [-0.39, 0.29) is 42.6 Å². The molecule has 5 rings (SSSR count). The Morgan fingerprint density at radius 1 is 1.10 bits per heavy atom. The van der Waals surface area contributed by atoms with Gasteiger partial charge in [0.1, 0.15) is 11.6 Å². The van der Waals surface area contributed by atoms with Crippen molar-refractivity contribution in [2.45, 2.75) is 44.6 Å². The molecule has 0 bridgehead atoms. The van der Waals surface area contributed by atoms with E-state index in [9.17, 15) is 31.5 Å². The van der Waals surface area contributed by atoms with E-state index in [0.717, 1.165) is 37.0 Å². The Morgan fingerprint density at radius 3 is 2.44 bits per heavy atom. The summed E-state index contributed by atoms with van der Waals surface area (Å²) < 4.78 is 74.9. The lowest BCUT2D eigenvalue weighted by Gasteiger charge is -2.36. The summed E-state index contributed by atoms with van der Waals surface area (Å²) in [6.45, 7) is -0.0931. The maximum absolute atomic E-state index is 14.2. The van der Waals surface area contributed by atoms with Crippen molar-refractivity contribution in [3.63, 3.8) is 0 Å². The van der Waals surface area contributed by atoms with Crippen LogP contribution in [0, 0.1) is 17.6 Å². The number of aromatic nitrogens is 2. The van der Waals surface area contributed by atoms with Gasteiger partial charge in [-0.2, -0.15) is 0 Å². The number of ether oxygens (including phenoxy) is 2. The largest absolute Gasteiger partial charge is 0.573 e. The van der Waals surface area contributed by atoms with Gasteiger partial charge in [-0.3, -0.25) is 9.36 Å². The predicted molar refractivity (Wildman–Crippen MR) is 128 cm³/mol. The molecular weight excluding hydrogens is 527 g/mol. The van der Waals surface area contributed by atoms with Crippen LogP contribution in [0.2, 0.25) is 0 Å². The third kappa shape index (κ3) is 5.52. The van der Waals surface area contributed by atoms with E-state index < -0.39 is 41.6 Å². The summed E-state index contributed by atoms with van der Waals surface area (Å²) in [4.78, 5) is 31.9. The molecule has 2 aromatic carbocycles. The number of nitrogens with two attached hydrogens (primary N) is 1. The van der Waals surface area contributed by atoms with Crippen molar-refractivity contribution in [1.82, 2.24) is 14.5 Å². The van der Waals surface area contributed by atoms with Gasteiger partial charge in [0, 0.05) is 18.2 Å². The van der Waals surface area contributed by atoms with Crippen LogP contribution in [0.3, 0.4) is 0 Å². The molecule has 8 nitrogen and oxygen atoms in total. The summed E-state index contributed by atoms with van der Waals surface area (Å²) in [5, 5.41) is 0. The number of rotatable bonds is 5. The number of benzene rings is 2. The molecule has 0 saturated heterocycles. The maximum Gasteiger partial charge on any atom is 0.573 e. The van der Waals surface area contributed by atoms with Crippen LogP contribution in [0.5, 0.6) is 11.5 Å². The van der Waals surface area contributed by atoms with Crippen LogP contribution in [0.15, 0.2) is 47.3 Å². The number of fused-ring (bicyclic) bond motifs is 1. The molecule has 1 aromatic heterocycles. The second kappa shape index (κ2) is 10.2. The van der Waals surface area contributed by atoms with E-state index in [4.69, 9.17) is 10.5 Å². The van der Waals surface area contributed by atoms with Gasteiger partial charge in [0.15, 0.2) is 11.6 Å². The van der Waals surface area contributed by atoms with Gasteiger partial charge in [0.25, 0.3) is 5.56 Å². The van der Waals surface area contributed by atoms with Gasteiger partial charge in [-0.1, -0.05) is 18.6 Å². The van der Waals surface area contributed by atoms with Crippen molar-refractivity contribution >= 4 is 12.0 Å². The lowest BCUT2D eigenvalue weighted by molar-refractivity contribution is -0.274. The van der Waals surface area contributed by atoms with Crippen molar-refractivity contribution in [1.29, 1.82) is 0 Å². The van der Waals surface area contributed by atoms with Gasteiger partial charge >= 0.3 is 12.5 Å². The summed E-state index contributed by atoms with van der Waals surface area (Å²) in [6.07, 6.45) is -3.10. The number of hydrogen-bond acceptors (Lipinski definition) is 6. The fraction of sp³-hybridized carbons (Fsp3) is 0.346. The molecule has 1 aliphatic carbocycles. The molecule has 1 fully saturated rings. The highest BCUT2D eigenvalue weighted by Gasteiger charge is 2.35. The molecule has 1 atom stereocenters. The van der Waals surface area contributed by atoms with E-state index >= 15 is 0 Å². The second-order valence-electron chi connectivity index (χ2n) is 9.44. The highest BCUT2D eigenvalue weighted by Crippen LogP contribution is 2.40. The Balaban J connectivity index is 1.36. The molecule has 2 aliphatic rings. The van der Waals surface area contributed by atoms with Crippen molar-refractivity contribution in [3.05, 3.63) is 81.3 Å². The lowest BCUT2D eigenvalue weighted by atomic mass is 9.77. The van der Waals surface area contributed by atoms with Gasteiger partial charge < -0.3 is 20.1 Å². The van der Waals surface area contributed by atoms with E-state index in [1.807, 2.05) is 0 Å². The number of anilines is 1. The molecule has 0 spiro atoms. The van der Waals surface area contributed by atoms with E-state index in [1.54, 1.807) is 12.1 Å². The van der Waals surface area contributed by atoms with Gasteiger partial charge in [-0.15, -0.1) is 13.2 Å². The average molecular weight is 550 g/mol. The summed E-state index contributed by atoms with van der Waals surface area (Å²) in [5.41, 5.74) is 7.28.